The van der Waals surface area contributed by atoms with E-state index in [4.69, 9.17) is 4.98 Å². The molecule has 7 heteroatoms. The fraction of sp³-hybridized carbons (Fsp3) is 0.526. The van der Waals surface area contributed by atoms with E-state index >= 15 is 0 Å². The van der Waals surface area contributed by atoms with Crippen molar-refractivity contribution in [3.63, 3.8) is 0 Å². The van der Waals surface area contributed by atoms with Gasteiger partial charge in [0.15, 0.2) is 11.6 Å². The smallest absolute Gasteiger partial charge is 0.237 e. The SMILES string of the molecule is CC(C)[C@H]1c2nc(-c3ccccc3)nn2CCN1C(=O)CNC1CC1.Cl. The van der Waals surface area contributed by atoms with Crippen molar-refractivity contribution in [2.24, 2.45) is 5.92 Å². The van der Waals surface area contributed by atoms with E-state index in [0.717, 1.165) is 17.2 Å². The average molecular weight is 376 g/mol. The molecule has 0 spiro atoms. The molecule has 0 unspecified atom stereocenters. The lowest BCUT2D eigenvalue weighted by Gasteiger charge is -2.37. The molecule has 26 heavy (non-hydrogen) atoms. The Labute approximate surface area is 160 Å². The number of nitrogens with one attached hydrogen (secondary N) is 1. The van der Waals surface area contributed by atoms with Gasteiger partial charge in [-0.3, -0.25) is 4.79 Å². The first kappa shape index (κ1) is 18.9. The fourth-order valence-electron chi connectivity index (χ4n) is 3.49. The van der Waals surface area contributed by atoms with Crippen molar-refractivity contribution in [3.05, 3.63) is 36.2 Å². The van der Waals surface area contributed by atoms with Crippen LogP contribution in [0.4, 0.5) is 0 Å². The first-order valence-electron chi connectivity index (χ1n) is 9.16. The van der Waals surface area contributed by atoms with Crippen LogP contribution in [0.25, 0.3) is 11.4 Å². The molecule has 4 rings (SSSR count). The lowest BCUT2D eigenvalue weighted by molar-refractivity contribution is -0.135. The minimum Gasteiger partial charge on any atom is -0.329 e. The summed E-state index contributed by atoms with van der Waals surface area (Å²) in [5, 5.41) is 8.02. The normalized spacial score (nSPS) is 19.2. The Bertz CT molecular complexity index is 757. The van der Waals surface area contributed by atoms with Crippen molar-refractivity contribution in [2.45, 2.75) is 45.3 Å². The third-order valence-electron chi connectivity index (χ3n) is 4.96. The van der Waals surface area contributed by atoms with E-state index in [0.29, 0.717) is 25.7 Å². The Morgan fingerprint density at radius 3 is 2.62 bits per heavy atom. The summed E-state index contributed by atoms with van der Waals surface area (Å²) < 4.78 is 1.98. The van der Waals surface area contributed by atoms with E-state index in [9.17, 15) is 4.79 Å². The first-order valence-corrected chi connectivity index (χ1v) is 9.16. The van der Waals surface area contributed by atoms with Gasteiger partial charge in [0.05, 0.1) is 19.1 Å². The second-order valence-electron chi connectivity index (χ2n) is 7.31. The third kappa shape index (κ3) is 3.76. The van der Waals surface area contributed by atoms with Gasteiger partial charge in [0.1, 0.15) is 0 Å². The first-order chi connectivity index (χ1) is 12.1. The van der Waals surface area contributed by atoms with Gasteiger partial charge in [-0.1, -0.05) is 44.2 Å². The number of amides is 1. The van der Waals surface area contributed by atoms with Crippen LogP contribution in [0.2, 0.25) is 0 Å². The van der Waals surface area contributed by atoms with Gasteiger partial charge in [0, 0.05) is 18.2 Å². The van der Waals surface area contributed by atoms with Crippen LogP contribution in [0.3, 0.4) is 0 Å². The minimum absolute atomic E-state index is 0. The number of nitrogens with zero attached hydrogens (tertiary/aromatic N) is 4. The number of benzene rings is 1. The van der Waals surface area contributed by atoms with Gasteiger partial charge >= 0.3 is 0 Å². The summed E-state index contributed by atoms with van der Waals surface area (Å²) in [7, 11) is 0. The highest BCUT2D eigenvalue weighted by Crippen LogP contribution is 2.32. The van der Waals surface area contributed by atoms with Crippen LogP contribution in [0.5, 0.6) is 0 Å². The number of hydrogen-bond acceptors (Lipinski definition) is 4. The van der Waals surface area contributed by atoms with Gasteiger partial charge in [0.25, 0.3) is 0 Å². The van der Waals surface area contributed by atoms with E-state index in [1.165, 1.54) is 12.8 Å². The number of halogens is 1. The Morgan fingerprint density at radius 2 is 1.96 bits per heavy atom. The van der Waals surface area contributed by atoms with E-state index in [1.807, 2.05) is 39.9 Å². The standard InChI is InChI=1S/C19H25N5O.ClH/c1-13(2)17-19-21-18(14-6-4-3-5-7-14)22-24(19)11-10-23(17)16(25)12-20-15-8-9-15;/h3-7,13,15,17,20H,8-12H2,1-2H3;1H/t17-;/m0./s1. The molecule has 1 atom stereocenters. The van der Waals surface area contributed by atoms with Gasteiger partial charge < -0.3 is 10.2 Å². The summed E-state index contributed by atoms with van der Waals surface area (Å²) in [6.45, 7) is 6.11. The van der Waals surface area contributed by atoms with Gasteiger partial charge in [-0.2, -0.15) is 5.10 Å². The molecule has 1 fully saturated rings. The topological polar surface area (TPSA) is 63.1 Å². The number of carbonyl (C=O) groups excluding carboxylic acids is 1. The zero-order chi connectivity index (χ0) is 17.4. The molecule has 1 aromatic heterocycles. The van der Waals surface area contributed by atoms with Crippen LogP contribution in [-0.2, 0) is 11.3 Å². The van der Waals surface area contributed by atoms with Crippen LogP contribution in [-0.4, -0.2) is 44.7 Å². The molecule has 0 radical (unpaired) electrons. The van der Waals surface area contributed by atoms with Gasteiger partial charge in [-0.05, 0) is 18.8 Å². The van der Waals surface area contributed by atoms with Crippen LogP contribution >= 0.6 is 12.4 Å². The second kappa shape index (κ2) is 7.76. The van der Waals surface area contributed by atoms with Crippen molar-refractivity contribution in [2.75, 3.05) is 13.1 Å². The van der Waals surface area contributed by atoms with Gasteiger partial charge in [-0.25, -0.2) is 9.67 Å². The molecule has 140 valence electrons. The Morgan fingerprint density at radius 1 is 1.23 bits per heavy atom. The maximum atomic E-state index is 12.7. The van der Waals surface area contributed by atoms with Crippen molar-refractivity contribution in [1.82, 2.24) is 25.0 Å². The molecule has 1 aliphatic carbocycles. The molecule has 2 heterocycles. The Balaban J connectivity index is 0.00000196. The molecule has 1 N–H and O–H groups in total. The zero-order valence-corrected chi connectivity index (χ0v) is 16.1. The number of aromatic nitrogens is 3. The summed E-state index contributed by atoms with van der Waals surface area (Å²) in [5.74, 6) is 2.10. The number of rotatable bonds is 5. The summed E-state index contributed by atoms with van der Waals surface area (Å²) >= 11 is 0. The maximum absolute atomic E-state index is 12.7. The molecule has 2 aliphatic rings. The summed E-state index contributed by atoms with van der Waals surface area (Å²) in [5.41, 5.74) is 1.01. The van der Waals surface area contributed by atoms with Crippen LogP contribution in [0, 0.1) is 5.92 Å². The van der Waals surface area contributed by atoms with E-state index < -0.39 is 0 Å². The zero-order valence-electron chi connectivity index (χ0n) is 15.3. The maximum Gasteiger partial charge on any atom is 0.237 e. The molecule has 1 aromatic carbocycles. The lowest BCUT2D eigenvalue weighted by atomic mass is 9.99. The minimum atomic E-state index is -0.0211. The van der Waals surface area contributed by atoms with Crippen molar-refractivity contribution < 1.29 is 4.79 Å². The molecule has 0 saturated heterocycles. The average Bonchev–Trinajstić information content (AvgIpc) is 3.35. The van der Waals surface area contributed by atoms with Crippen molar-refractivity contribution in [1.29, 1.82) is 0 Å². The second-order valence-corrected chi connectivity index (χ2v) is 7.31. The van der Waals surface area contributed by atoms with E-state index in [2.05, 4.69) is 24.3 Å². The van der Waals surface area contributed by atoms with E-state index in [-0.39, 0.29) is 30.3 Å². The number of hydrogen-bond donors (Lipinski definition) is 1. The van der Waals surface area contributed by atoms with Gasteiger partial charge in [0.2, 0.25) is 5.91 Å². The van der Waals surface area contributed by atoms with Crippen molar-refractivity contribution in [3.8, 4) is 11.4 Å². The highest BCUT2D eigenvalue weighted by atomic mass is 35.5. The van der Waals surface area contributed by atoms with E-state index in [1.54, 1.807) is 0 Å². The van der Waals surface area contributed by atoms with Crippen molar-refractivity contribution >= 4 is 18.3 Å². The molecule has 6 nitrogen and oxygen atoms in total. The largest absolute Gasteiger partial charge is 0.329 e. The highest BCUT2D eigenvalue weighted by Gasteiger charge is 2.36. The monoisotopic (exact) mass is 375 g/mol. The Kier molecular flexibility index (Phi) is 5.63. The lowest BCUT2D eigenvalue weighted by Crippen LogP contribution is -2.47. The molecule has 1 saturated carbocycles. The predicted molar refractivity (Wildman–Crippen MR) is 103 cm³/mol. The molecule has 1 amide bonds. The number of fused-ring (bicyclic) bond motifs is 1. The molecular weight excluding hydrogens is 350 g/mol. The van der Waals surface area contributed by atoms with Crippen LogP contribution < -0.4 is 5.32 Å². The van der Waals surface area contributed by atoms with Crippen LogP contribution in [0.15, 0.2) is 30.3 Å². The van der Waals surface area contributed by atoms with Crippen LogP contribution in [0.1, 0.15) is 38.6 Å². The predicted octanol–water partition coefficient (Wildman–Crippen LogP) is 2.66. The summed E-state index contributed by atoms with van der Waals surface area (Å²) in [4.78, 5) is 19.5. The third-order valence-corrected chi connectivity index (χ3v) is 4.96. The summed E-state index contributed by atoms with van der Waals surface area (Å²) in [6, 6.07) is 10.5. The molecule has 2 aromatic rings. The quantitative estimate of drug-likeness (QED) is 0.872. The molecule has 1 aliphatic heterocycles. The fourth-order valence-corrected chi connectivity index (χ4v) is 3.49. The van der Waals surface area contributed by atoms with Gasteiger partial charge in [-0.15, -0.1) is 12.4 Å². The number of carbonyl (C=O) groups is 1. The molecule has 0 bridgehead atoms. The highest BCUT2D eigenvalue weighted by molar-refractivity contribution is 5.85. The molecular formula is C19H26ClN5O. The Hall–Kier alpha value is -1.92. The summed E-state index contributed by atoms with van der Waals surface area (Å²) in [6.07, 6.45) is 2.38.